The molecule has 0 saturated heterocycles. The van der Waals surface area contributed by atoms with Crippen LogP contribution in [0.3, 0.4) is 0 Å². The van der Waals surface area contributed by atoms with Gasteiger partial charge in [-0.3, -0.25) is 9.52 Å². The monoisotopic (exact) mass is 326 g/mol. The van der Waals surface area contributed by atoms with E-state index in [0.29, 0.717) is 12.1 Å². The number of aromatic nitrogens is 1. The lowest BCUT2D eigenvalue weighted by Crippen LogP contribution is -2.17. The molecular weight excluding hydrogens is 312 g/mol. The molecule has 0 amide bonds. The van der Waals surface area contributed by atoms with Crippen molar-refractivity contribution >= 4 is 27.3 Å². The maximum absolute atomic E-state index is 12.4. The molecule has 2 N–H and O–H groups in total. The lowest BCUT2D eigenvalue weighted by Gasteiger charge is -2.14. The van der Waals surface area contributed by atoms with E-state index in [0.717, 1.165) is 23.4 Å². The highest BCUT2D eigenvalue weighted by molar-refractivity contribution is 7.92. The van der Waals surface area contributed by atoms with Gasteiger partial charge >= 0.3 is 0 Å². The molecule has 0 atom stereocenters. The zero-order chi connectivity index (χ0) is 15.6. The molecule has 0 unspecified atom stereocenters. The van der Waals surface area contributed by atoms with E-state index >= 15 is 0 Å². The standard InChI is InChI=1S/C14H15ClN2O3S/c1-3-10-6-4-5-9(2)13(10)17-21(19,20)11-7-12(15)14(18)16-8-11/h4-8,17H,3H2,1-2H3,(H,16,18). The van der Waals surface area contributed by atoms with Crippen LogP contribution in [0.25, 0.3) is 0 Å². The van der Waals surface area contributed by atoms with E-state index in [1.807, 2.05) is 32.0 Å². The molecule has 1 heterocycles. The Morgan fingerprint density at radius 1 is 1.33 bits per heavy atom. The molecule has 2 rings (SSSR count). The van der Waals surface area contributed by atoms with Gasteiger partial charge in [-0.25, -0.2) is 8.42 Å². The first-order valence-electron chi connectivity index (χ1n) is 6.34. The van der Waals surface area contributed by atoms with E-state index in [-0.39, 0.29) is 9.92 Å². The second kappa shape index (κ2) is 5.91. The van der Waals surface area contributed by atoms with Gasteiger partial charge in [-0.1, -0.05) is 36.7 Å². The molecule has 21 heavy (non-hydrogen) atoms. The minimum absolute atomic E-state index is 0.0857. The van der Waals surface area contributed by atoms with Gasteiger partial charge in [0.2, 0.25) is 0 Å². The summed E-state index contributed by atoms with van der Waals surface area (Å²) >= 11 is 5.68. The maximum atomic E-state index is 12.4. The molecule has 0 fully saturated rings. The van der Waals surface area contributed by atoms with E-state index in [2.05, 4.69) is 9.71 Å². The maximum Gasteiger partial charge on any atom is 0.266 e. The third-order valence-corrected chi connectivity index (χ3v) is 4.73. The Morgan fingerprint density at radius 3 is 2.67 bits per heavy atom. The average Bonchev–Trinajstić information content (AvgIpc) is 2.43. The van der Waals surface area contributed by atoms with Gasteiger partial charge in [-0.2, -0.15) is 0 Å². The third-order valence-electron chi connectivity index (χ3n) is 3.12. The molecule has 0 bridgehead atoms. The number of aryl methyl sites for hydroxylation is 2. The Hall–Kier alpha value is -1.79. The SMILES string of the molecule is CCc1cccc(C)c1NS(=O)(=O)c1c[nH]c(=O)c(Cl)c1. The predicted molar refractivity (Wildman–Crippen MR) is 83.4 cm³/mol. The van der Waals surface area contributed by atoms with Crippen molar-refractivity contribution < 1.29 is 8.42 Å². The Bertz CT molecular complexity index is 828. The average molecular weight is 327 g/mol. The van der Waals surface area contributed by atoms with E-state index in [1.165, 1.54) is 0 Å². The normalized spacial score (nSPS) is 11.4. The van der Waals surface area contributed by atoms with Crippen LogP contribution in [-0.2, 0) is 16.4 Å². The fourth-order valence-electron chi connectivity index (χ4n) is 1.96. The fourth-order valence-corrected chi connectivity index (χ4v) is 3.36. The van der Waals surface area contributed by atoms with Crippen molar-refractivity contribution in [3.05, 3.63) is 57.0 Å². The van der Waals surface area contributed by atoms with Crippen LogP contribution in [0.1, 0.15) is 18.1 Å². The molecule has 112 valence electrons. The highest BCUT2D eigenvalue weighted by Crippen LogP contribution is 2.24. The Labute approximate surface area is 128 Å². The number of nitrogens with one attached hydrogen (secondary N) is 2. The summed E-state index contributed by atoms with van der Waals surface area (Å²) in [6, 6.07) is 6.71. The van der Waals surface area contributed by atoms with E-state index in [1.54, 1.807) is 0 Å². The molecule has 7 heteroatoms. The van der Waals surface area contributed by atoms with Gasteiger partial charge < -0.3 is 4.98 Å². The second-order valence-electron chi connectivity index (χ2n) is 4.58. The van der Waals surface area contributed by atoms with Gasteiger partial charge in [0.1, 0.15) is 9.92 Å². The topological polar surface area (TPSA) is 79.0 Å². The Kier molecular flexibility index (Phi) is 4.39. The number of para-hydroxylation sites is 1. The molecule has 5 nitrogen and oxygen atoms in total. The number of H-pyrrole nitrogens is 1. The quantitative estimate of drug-likeness (QED) is 0.906. The molecule has 1 aromatic heterocycles. The smallest absolute Gasteiger partial charge is 0.266 e. The van der Waals surface area contributed by atoms with Crippen LogP contribution in [0.5, 0.6) is 0 Å². The van der Waals surface area contributed by atoms with Crippen molar-refractivity contribution in [2.45, 2.75) is 25.2 Å². The summed E-state index contributed by atoms with van der Waals surface area (Å²) in [6.07, 6.45) is 1.83. The van der Waals surface area contributed by atoms with Gasteiger partial charge in [0, 0.05) is 6.20 Å². The van der Waals surface area contributed by atoms with Gasteiger partial charge in [0.15, 0.2) is 0 Å². The van der Waals surface area contributed by atoms with Crippen molar-refractivity contribution in [2.75, 3.05) is 4.72 Å². The van der Waals surface area contributed by atoms with Crippen molar-refractivity contribution in [1.29, 1.82) is 0 Å². The van der Waals surface area contributed by atoms with Crippen LogP contribution in [0.15, 0.2) is 40.2 Å². The summed E-state index contributed by atoms with van der Waals surface area (Å²) in [7, 11) is -3.81. The zero-order valence-electron chi connectivity index (χ0n) is 11.6. The molecule has 0 radical (unpaired) electrons. The van der Waals surface area contributed by atoms with E-state index in [4.69, 9.17) is 11.6 Å². The van der Waals surface area contributed by atoms with Crippen molar-refractivity contribution in [3.63, 3.8) is 0 Å². The molecule has 0 aliphatic heterocycles. The number of hydrogen-bond donors (Lipinski definition) is 2. The minimum atomic E-state index is -3.81. The number of hydrogen-bond acceptors (Lipinski definition) is 3. The zero-order valence-corrected chi connectivity index (χ0v) is 13.2. The molecule has 1 aromatic carbocycles. The summed E-state index contributed by atoms with van der Waals surface area (Å²) < 4.78 is 27.3. The van der Waals surface area contributed by atoms with Crippen LogP contribution < -0.4 is 10.3 Å². The summed E-state index contributed by atoms with van der Waals surface area (Å²) in [5, 5.41) is -0.168. The van der Waals surface area contributed by atoms with Gasteiger partial charge in [0.25, 0.3) is 15.6 Å². The number of sulfonamides is 1. The van der Waals surface area contributed by atoms with Crippen LogP contribution in [0.4, 0.5) is 5.69 Å². The lowest BCUT2D eigenvalue weighted by atomic mass is 10.1. The molecule has 2 aromatic rings. The van der Waals surface area contributed by atoms with Crippen molar-refractivity contribution in [2.24, 2.45) is 0 Å². The predicted octanol–water partition coefficient (Wildman–Crippen LogP) is 2.70. The number of benzene rings is 1. The summed E-state index contributed by atoms with van der Waals surface area (Å²) in [6.45, 7) is 3.78. The van der Waals surface area contributed by atoms with Crippen LogP contribution >= 0.6 is 11.6 Å². The highest BCUT2D eigenvalue weighted by atomic mass is 35.5. The molecule has 0 saturated carbocycles. The van der Waals surface area contributed by atoms with Gasteiger partial charge in [-0.05, 0) is 30.5 Å². The van der Waals surface area contributed by atoms with Crippen LogP contribution in [0, 0.1) is 6.92 Å². The Morgan fingerprint density at radius 2 is 2.05 bits per heavy atom. The molecule has 0 aliphatic carbocycles. The first kappa shape index (κ1) is 15.6. The van der Waals surface area contributed by atoms with Crippen LogP contribution in [0.2, 0.25) is 5.02 Å². The van der Waals surface area contributed by atoms with E-state index < -0.39 is 15.6 Å². The van der Waals surface area contributed by atoms with Crippen molar-refractivity contribution in [1.82, 2.24) is 4.98 Å². The fraction of sp³-hybridized carbons (Fsp3) is 0.214. The number of aromatic amines is 1. The van der Waals surface area contributed by atoms with Crippen LogP contribution in [-0.4, -0.2) is 13.4 Å². The number of halogens is 1. The molecule has 0 aliphatic rings. The van der Waals surface area contributed by atoms with Gasteiger partial charge in [-0.15, -0.1) is 0 Å². The summed E-state index contributed by atoms with van der Waals surface area (Å²) in [5.41, 5.74) is 1.76. The molecular formula is C14H15ClN2O3S. The van der Waals surface area contributed by atoms with Gasteiger partial charge in [0.05, 0.1) is 5.69 Å². The summed E-state index contributed by atoms with van der Waals surface area (Å²) in [5.74, 6) is 0. The first-order chi connectivity index (χ1) is 9.85. The number of pyridine rings is 1. The molecule has 0 spiro atoms. The third kappa shape index (κ3) is 3.28. The first-order valence-corrected chi connectivity index (χ1v) is 8.21. The minimum Gasteiger partial charge on any atom is -0.326 e. The number of rotatable bonds is 4. The highest BCUT2D eigenvalue weighted by Gasteiger charge is 2.18. The van der Waals surface area contributed by atoms with Crippen molar-refractivity contribution in [3.8, 4) is 0 Å². The lowest BCUT2D eigenvalue weighted by molar-refractivity contribution is 0.600. The van der Waals surface area contributed by atoms with E-state index in [9.17, 15) is 13.2 Å². The number of anilines is 1. The summed E-state index contributed by atoms with van der Waals surface area (Å²) in [4.78, 5) is 13.4. The second-order valence-corrected chi connectivity index (χ2v) is 6.67. The largest absolute Gasteiger partial charge is 0.326 e. The Balaban J connectivity index is 2.47.